The Morgan fingerprint density at radius 1 is 1.29 bits per heavy atom. The van der Waals surface area contributed by atoms with Crippen LogP contribution in [0.2, 0.25) is 0 Å². The van der Waals surface area contributed by atoms with Crippen LogP contribution in [0.3, 0.4) is 0 Å². The molecule has 0 bridgehead atoms. The van der Waals surface area contributed by atoms with Crippen LogP contribution in [0.25, 0.3) is 11.0 Å². The number of aromatic nitrogens is 2. The summed E-state index contributed by atoms with van der Waals surface area (Å²) in [7, 11) is -0.338. The molecule has 2 aromatic rings. The van der Waals surface area contributed by atoms with E-state index in [0.717, 1.165) is 26.7 Å². The summed E-state index contributed by atoms with van der Waals surface area (Å²) >= 11 is 0. The van der Waals surface area contributed by atoms with Crippen LogP contribution in [0.4, 0.5) is 0 Å². The van der Waals surface area contributed by atoms with Gasteiger partial charge in [0.2, 0.25) is 15.9 Å². The number of hydrogen-bond donors (Lipinski definition) is 2. The molecule has 0 atom stereocenters. The molecule has 0 unspecified atom stereocenters. The molecule has 0 saturated heterocycles. The number of carbonyl (C=O) groups is 1. The van der Waals surface area contributed by atoms with Crippen molar-refractivity contribution in [3.63, 3.8) is 0 Å². The molecular weight excluding hydrogens is 328 g/mol. The second-order valence-corrected chi connectivity index (χ2v) is 8.34. The van der Waals surface area contributed by atoms with Crippen molar-refractivity contribution in [1.82, 2.24) is 19.6 Å². The van der Waals surface area contributed by atoms with Gasteiger partial charge in [0.05, 0.1) is 16.8 Å². The van der Waals surface area contributed by atoms with Crippen LogP contribution in [0.1, 0.15) is 23.4 Å². The van der Waals surface area contributed by atoms with Gasteiger partial charge in [-0.1, -0.05) is 6.07 Å². The minimum Gasteiger partial charge on any atom is -0.355 e. The Kier molecular flexibility index (Phi) is 5.61. The van der Waals surface area contributed by atoms with Crippen molar-refractivity contribution in [3.8, 4) is 0 Å². The van der Waals surface area contributed by atoms with E-state index in [-0.39, 0.29) is 24.6 Å². The van der Waals surface area contributed by atoms with Crippen molar-refractivity contribution in [1.29, 1.82) is 0 Å². The molecule has 1 heterocycles. The maximum atomic E-state index is 11.8. The molecule has 7 nitrogen and oxygen atoms in total. The van der Waals surface area contributed by atoms with Crippen LogP contribution in [0.5, 0.6) is 0 Å². The zero-order valence-corrected chi connectivity index (χ0v) is 15.3. The third-order valence-corrected chi connectivity index (χ3v) is 5.89. The maximum absolute atomic E-state index is 11.8. The first-order chi connectivity index (χ1) is 11.2. The lowest BCUT2D eigenvalue weighted by molar-refractivity contribution is -0.120. The number of carbonyl (C=O) groups excluding carboxylic acids is 1. The number of nitrogens with zero attached hydrogens (tertiary/aromatic N) is 2. The lowest BCUT2D eigenvalue weighted by Crippen LogP contribution is -2.34. The molecule has 1 aromatic carbocycles. The number of rotatable bonds is 7. The van der Waals surface area contributed by atoms with Gasteiger partial charge >= 0.3 is 0 Å². The minimum atomic E-state index is -3.29. The SMILES string of the molecule is Cc1ccc2[nH]c(CCC(=O)NCCS(=O)(=O)N(C)C)nc2c1C. The molecule has 0 fully saturated rings. The predicted molar refractivity (Wildman–Crippen MR) is 94.4 cm³/mol. The number of amides is 1. The highest BCUT2D eigenvalue weighted by atomic mass is 32.2. The molecule has 0 saturated carbocycles. The molecule has 0 aliphatic heterocycles. The first-order valence-electron chi connectivity index (χ1n) is 7.82. The number of benzene rings is 1. The van der Waals surface area contributed by atoms with E-state index in [0.29, 0.717) is 6.42 Å². The van der Waals surface area contributed by atoms with Gasteiger partial charge in [0, 0.05) is 33.5 Å². The average Bonchev–Trinajstić information content (AvgIpc) is 2.92. The molecular formula is C16H24N4O3S. The first kappa shape index (κ1) is 18.4. The molecule has 24 heavy (non-hydrogen) atoms. The first-order valence-corrected chi connectivity index (χ1v) is 9.43. The molecule has 0 spiro atoms. The Morgan fingerprint density at radius 3 is 2.67 bits per heavy atom. The molecule has 2 N–H and O–H groups in total. The minimum absolute atomic E-state index is 0.102. The Hall–Kier alpha value is -1.93. The molecule has 132 valence electrons. The van der Waals surface area contributed by atoms with E-state index >= 15 is 0 Å². The number of sulfonamides is 1. The van der Waals surface area contributed by atoms with E-state index in [4.69, 9.17) is 0 Å². The Bertz CT molecular complexity index is 840. The molecule has 8 heteroatoms. The van der Waals surface area contributed by atoms with E-state index in [1.54, 1.807) is 0 Å². The number of fused-ring (bicyclic) bond motifs is 1. The number of aryl methyl sites for hydroxylation is 3. The number of imidazole rings is 1. The van der Waals surface area contributed by atoms with Gasteiger partial charge in [0.25, 0.3) is 0 Å². The zero-order valence-electron chi connectivity index (χ0n) is 14.5. The van der Waals surface area contributed by atoms with E-state index in [2.05, 4.69) is 15.3 Å². The summed E-state index contributed by atoms with van der Waals surface area (Å²) in [4.78, 5) is 19.6. The van der Waals surface area contributed by atoms with Crippen LogP contribution in [0.15, 0.2) is 12.1 Å². The van der Waals surface area contributed by atoms with Gasteiger partial charge in [-0.2, -0.15) is 0 Å². The normalized spacial score (nSPS) is 12.0. The molecule has 1 aromatic heterocycles. The van der Waals surface area contributed by atoms with Gasteiger partial charge in [-0.15, -0.1) is 0 Å². The fraction of sp³-hybridized carbons (Fsp3) is 0.500. The fourth-order valence-corrected chi connectivity index (χ4v) is 3.03. The maximum Gasteiger partial charge on any atom is 0.220 e. The van der Waals surface area contributed by atoms with E-state index < -0.39 is 10.0 Å². The van der Waals surface area contributed by atoms with Gasteiger partial charge in [-0.05, 0) is 31.0 Å². The lowest BCUT2D eigenvalue weighted by atomic mass is 10.1. The molecule has 0 radical (unpaired) electrons. The van der Waals surface area contributed by atoms with E-state index in [1.807, 2.05) is 26.0 Å². The topological polar surface area (TPSA) is 95.2 Å². The summed E-state index contributed by atoms with van der Waals surface area (Å²) in [6.07, 6.45) is 0.749. The van der Waals surface area contributed by atoms with E-state index in [1.165, 1.54) is 19.7 Å². The van der Waals surface area contributed by atoms with Crippen molar-refractivity contribution in [2.45, 2.75) is 26.7 Å². The van der Waals surface area contributed by atoms with Gasteiger partial charge in [0.15, 0.2) is 0 Å². The van der Waals surface area contributed by atoms with Gasteiger partial charge in [-0.3, -0.25) is 4.79 Å². The highest BCUT2D eigenvalue weighted by Gasteiger charge is 2.14. The number of nitrogens with one attached hydrogen (secondary N) is 2. The van der Waals surface area contributed by atoms with Crippen LogP contribution in [-0.4, -0.2) is 55.0 Å². The van der Waals surface area contributed by atoms with Crippen molar-refractivity contribution < 1.29 is 13.2 Å². The molecule has 0 aliphatic rings. The Balaban J connectivity index is 1.87. The van der Waals surface area contributed by atoms with Gasteiger partial charge in [0.1, 0.15) is 5.82 Å². The van der Waals surface area contributed by atoms with Crippen molar-refractivity contribution in [3.05, 3.63) is 29.1 Å². The predicted octanol–water partition coefficient (Wildman–Crippen LogP) is 1.12. The Labute approximate surface area is 142 Å². The quantitative estimate of drug-likeness (QED) is 0.780. The van der Waals surface area contributed by atoms with Crippen LogP contribution in [0, 0.1) is 13.8 Å². The zero-order chi connectivity index (χ0) is 17.9. The summed E-state index contributed by atoms with van der Waals surface area (Å²) in [6, 6.07) is 4.03. The summed E-state index contributed by atoms with van der Waals surface area (Å²) in [5.41, 5.74) is 4.21. The second kappa shape index (κ2) is 7.31. The average molecular weight is 352 g/mol. The van der Waals surface area contributed by atoms with Crippen molar-refractivity contribution in [2.24, 2.45) is 0 Å². The third kappa shape index (κ3) is 4.33. The molecule has 0 aliphatic carbocycles. The summed E-state index contributed by atoms with van der Waals surface area (Å²) in [6.45, 7) is 4.18. The van der Waals surface area contributed by atoms with Gasteiger partial charge in [-0.25, -0.2) is 17.7 Å². The van der Waals surface area contributed by atoms with Crippen LogP contribution in [-0.2, 0) is 21.2 Å². The smallest absolute Gasteiger partial charge is 0.220 e. The standard InChI is InChI=1S/C16H24N4O3S/c1-11-5-6-13-16(12(11)2)19-14(18-13)7-8-15(21)17-9-10-24(22,23)20(3)4/h5-6H,7-10H2,1-4H3,(H,17,21)(H,18,19). The highest BCUT2D eigenvalue weighted by molar-refractivity contribution is 7.89. The largest absolute Gasteiger partial charge is 0.355 e. The Morgan fingerprint density at radius 2 is 2.00 bits per heavy atom. The second-order valence-electron chi connectivity index (χ2n) is 6.04. The number of hydrogen-bond acceptors (Lipinski definition) is 4. The summed E-state index contributed by atoms with van der Waals surface area (Å²) < 4.78 is 24.4. The van der Waals surface area contributed by atoms with E-state index in [9.17, 15) is 13.2 Å². The number of aromatic amines is 1. The summed E-state index contributed by atoms with van der Waals surface area (Å²) in [5, 5.41) is 2.63. The molecule has 1 amide bonds. The van der Waals surface area contributed by atoms with Crippen LogP contribution >= 0.6 is 0 Å². The third-order valence-electron chi connectivity index (χ3n) is 4.05. The highest BCUT2D eigenvalue weighted by Crippen LogP contribution is 2.19. The van der Waals surface area contributed by atoms with Gasteiger partial charge < -0.3 is 10.3 Å². The number of H-pyrrole nitrogens is 1. The van der Waals surface area contributed by atoms with Crippen LogP contribution < -0.4 is 5.32 Å². The monoisotopic (exact) mass is 352 g/mol. The molecule has 2 rings (SSSR count). The van der Waals surface area contributed by atoms with Crippen molar-refractivity contribution >= 4 is 27.0 Å². The van der Waals surface area contributed by atoms with Crippen molar-refractivity contribution in [2.75, 3.05) is 26.4 Å². The summed E-state index contributed by atoms with van der Waals surface area (Å²) in [5.74, 6) is 0.474. The lowest BCUT2D eigenvalue weighted by Gasteiger charge is -2.11. The fourth-order valence-electron chi connectivity index (χ4n) is 2.31.